The lowest BCUT2D eigenvalue weighted by molar-refractivity contribution is 0.735. The summed E-state index contributed by atoms with van der Waals surface area (Å²) in [5, 5.41) is 0. The number of pyridine rings is 1. The molecule has 20 heavy (non-hydrogen) atoms. The summed E-state index contributed by atoms with van der Waals surface area (Å²) in [4.78, 5) is 6.78. The summed E-state index contributed by atoms with van der Waals surface area (Å²) in [6.07, 6.45) is 2.79. The van der Waals surface area contributed by atoms with E-state index in [1.54, 1.807) is 0 Å². The van der Waals surface area contributed by atoms with Crippen LogP contribution in [-0.4, -0.2) is 17.6 Å². The van der Waals surface area contributed by atoms with Crippen LogP contribution in [0.25, 0.3) is 0 Å². The highest BCUT2D eigenvalue weighted by Crippen LogP contribution is 2.23. The Kier molecular flexibility index (Phi) is 4.74. The summed E-state index contributed by atoms with van der Waals surface area (Å²) in [7, 11) is 0. The maximum absolute atomic E-state index is 5.82. The maximum atomic E-state index is 5.82. The number of benzene rings is 1. The lowest BCUT2D eigenvalue weighted by atomic mass is 10.1. The Hall–Kier alpha value is -1.87. The largest absolute Gasteiger partial charge is 0.328 e. The lowest BCUT2D eigenvalue weighted by Gasteiger charge is -2.22. The van der Waals surface area contributed by atoms with Gasteiger partial charge in [0.15, 0.2) is 0 Å². The number of hydrogen-bond donors (Lipinski definition) is 1. The van der Waals surface area contributed by atoms with E-state index in [1.807, 2.05) is 13.1 Å². The van der Waals surface area contributed by atoms with Crippen LogP contribution in [0.5, 0.6) is 0 Å². The molecule has 106 valence electrons. The van der Waals surface area contributed by atoms with Gasteiger partial charge in [-0.05, 0) is 51.0 Å². The van der Waals surface area contributed by atoms with Gasteiger partial charge in [0.05, 0.1) is 0 Å². The number of anilines is 2. The van der Waals surface area contributed by atoms with Gasteiger partial charge >= 0.3 is 0 Å². The Labute approximate surface area is 121 Å². The van der Waals surface area contributed by atoms with E-state index in [1.165, 1.54) is 16.8 Å². The third-order valence-electron chi connectivity index (χ3n) is 3.31. The molecule has 1 unspecified atom stereocenters. The highest BCUT2D eigenvalue weighted by atomic mass is 15.2. The van der Waals surface area contributed by atoms with E-state index < -0.39 is 0 Å². The molecular formula is C17H23N3. The second kappa shape index (κ2) is 6.53. The second-order valence-electron chi connectivity index (χ2n) is 5.29. The van der Waals surface area contributed by atoms with Crippen LogP contribution in [0.4, 0.5) is 11.5 Å². The molecule has 1 atom stereocenters. The number of rotatable bonds is 5. The first-order valence-electron chi connectivity index (χ1n) is 7.15. The van der Waals surface area contributed by atoms with Crippen LogP contribution < -0.4 is 10.6 Å². The van der Waals surface area contributed by atoms with Gasteiger partial charge in [-0.15, -0.1) is 0 Å². The van der Waals surface area contributed by atoms with Gasteiger partial charge in [-0.25, -0.2) is 4.98 Å². The molecule has 0 spiro atoms. The van der Waals surface area contributed by atoms with Crippen LogP contribution in [0.3, 0.4) is 0 Å². The van der Waals surface area contributed by atoms with E-state index in [-0.39, 0.29) is 6.04 Å². The molecule has 1 aromatic heterocycles. The quantitative estimate of drug-likeness (QED) is 0.904. The zero-order valence-corrected chi connectivity index (χ0v) is 12.5. The van der Waals surface area contributed by atoms with E-state index >= 15 is 0 Å². The number of aryl methyl sites for hydroxylation is 1. The number of hydrogen-bond acceptors (Lipinski definition) is 3. The Morgan fingerprint density at radius 1 is 1.15 bits per heavy atom. The number of aromatic nitrogens is 1. The topological polar surface area (TPSA) is 42.1 Å². The van der Waals surface area contributed by atoms with Crippen molar-refractivity contribution in [2.45, 2.75) is 33.2 Å². The fraction of sp³-hybridized carbons (Fsp3) is 0.353. The third kappa shape index (κ3) is 3.58. The van der Waals surface area contributed by atoms with Crippen LogP contribution in [0, 0.1) is 6.92 Å². The molecule has 0 fully saturated rings. The summed E-state index contributed by atoms with van der Waals surface area (Å²) in [5.74, 6) is 0.977. The maximum Gasteiger partial charge on any atom is 0.132 e. The van der Waals surface area contributed by atoms with Crippen LogP contribution in [-0.2, 0) is 6.42 Å². The second-order valence-corrected chi connectivity index (χ2v) is 5.29. The van der Waals surface area contributed by atoms with Crippen molar-refractivity contribution >= 4 is 11.5 Å². The van der Waals surface area contributed by atoms with Crippen LogP contribution in [0.1, 0.15) is 25.0 Å². The first-order valence-corrected chi connectivity index (χ1v) is 7.15. The van der Waals surface area contributed by atoms with E-state index in [0.717, 1.165) is 18.8 Å². The molecule has 3 heteroatoms. The van der Waals surface area contributed by atoms with Gasteiger partial charge < -0.3 is 10.6 Å². The molecule has 0 saturated heterocycles. The highest BCUT2D eigenvalue weighted by Gasteiger charge is 2.08. The van der Waals surface area contributed by atoms with Crippen molar-refractivity contribution < 1.29 is 0 Å². The van der Waals surface area contributed by atoms with Crippen LogP contribution >= 0.6 is 0 Å². The minimum atomic E-state index is 0.169. The van der Waals surface area contributed by atoms with Crippen molar-refractivity contribution in [3.05, 3.63) is 53.7 Å². The molecule has 2 N–H and O–H groups in total. The van der Waals surface area contributed by atoms with Crippen molar-refractivity contribution in [3.8, 4) is 0 Å². The molecule has 3 nitrogen and oxygen atoms in total. The van der Waals surface area contributed by atoms with E-state index in [0.29, 0.717) is 0 Å². The fourth-order valence-electron chi connectivity index (χ4n) is 2.27. The average Bonchev–Trinajstić information content (AvgIpc) is 2.43. The molecule has 0 amide bonds. The summed E-state index contributed by atoms with van der Waals surface area (Å²) in [6, 6.07) is 12.9. The highest BCUT2D eigenvalue weighted by molar-refractivity contribution is 5.60. The molecule has 0 aliphatic rings. The summed E-state index contributed by atoms with van der Waals surface area (Å²) in [6.45, 7) is 7.14. The van der Waals surface area contributed by atoms with Gasteiger partial charge in [0, 0.05) is 24.5 Å². The molecule has 2 rings (SSSR count). The van der Waals surface area contributed by atoms with E-state index in [9.17, 15) is 0 Å². The molecule has 0 aliphatic heterocycles. The van der Waals surface area contributed by atoms with Crippen molar-refractivity contribution in [2.75, 3.05) is 11.4 Å². The zero-order chi connectivity index (χ0) is 14.5. The Morgan fingerprint density at radius 3 is 2.35 bits per heavy atom. The van der Waals surface area contributed by atoms with Gasteiger partial charge in [0.25, 0.3) is 0 Å². The summed E-state index contributed by atoms with van der Waals surface area (Å²) in [5.41, 5.74) is 9.44. The Balaban J connectivity index is 2.21. The number of nitrogens with zero attached hydrogens (tertiary/aromatic N) is 2. The summed E-state index contributed by atoms with van der Waals surface area (Å²) >= 11 is 0. The zero-order valence-electron chi connectivity index (χ0n) is 12.5. The first kappa shape index (κ1) is 14.5. The first-order chi connectivity index (χ1) is 9.60. The summed E-state index contributed by atoms with van der Waals surface area (Å²) < 4.78 is 0. The van der Waals surface area contributed by atoms with Crippen molar-refractivity contribution in [3.63, 3.8) is 0 Å². The Morgan fingerprint density at radius 2 is 1.85 bits per heavy atom. The minimum absolute atomic E-state index is 0.169. The lowest BCUT2D eigenvalue weighted by Crippen LogP contribution is -2.19. The van der Waals surface area contributed by atoms with Crippen molar-refractivity contribution in [1.82, 2.24) is 4.98 Å². The van der Waals surface area contributed by atoms with Crippen molar-refractivity contribution in [2.24, 2.45) is 5.73 Å². The third-order valence-corrected chi connectivity index (χ3v) is 3.31. The SMILES string of the molecule is CCN(c1ccc(C)cc1)c1ccc(CC(C)N)cn1. The normalized spacial score (nSPS) is 12.2. The van der Waals surface area contributed by atoms with Gasteiger partial charge in [-0.2, -0.15) is 0 Å². The predicted octanol–water partition coefficient (Wildman–Crippen LogP) is 3.44. The predicted molar refractivity (Wildman–Crippen MR) is 85.4 cm³/mol. The molecule has 0 radical (unpaired) electrons. The van der Waals surface area contributed by atoms with Gasteiger partial charge in [-0.1, -0.05) is 23.8 Å². The Bertz CT molecular complexity index is 529. The number of nitrogens with two attached hydrogens (primary N) is 1. The van der Waals surface area contributed by atoms with Gasteiger partial charge in [-0.3, -0.25) is 0 Å². The molecule has 1 heterocycles. The van der Waals surface area contributed by atoms with Crippen molar-refractivity contribution in [1.29, 1.82) is 0 Å². The standard InChI is InChI=1S/C17H23N3/c1-4-20(16-8-5-13(2)6-9-16)17-10-7-15(12-19-17)11-14(3)18/h5-10,12,14H,4,11,18H2,1-3H3. The molecular weight excluding hydrogens is 246 g/mol. The molecule has 0 bridgehead atoms. The molecule has 0 saturated carbocycles. The van der Waals surface area contributed by atoms with Crippen LogP contribution in [0.2, 0.25) is 0 Å². The van der Waals surface area contributed by atoms with E-state index in [4.69, 9.17) is 5.73 Å². The fourth-order valence-corrected chi connectivity index (χ4v) is 2.27. The van der Waals surface area contributed by atoms with E-state index in [2.05, 4.69) is 60.1 Å². The molecule has 1 aromatic carbocycles. The average molecular weight is 269 g/mol. The van der Waals surface area contributed by atoms with Gasteiger partial charge in [0.2, 0.25) is 0 Å². The van der Waals surface area contributed by atoms with Crippen LogP contribution in [0.15, 0.2) is 42.6 Å². The minimum Gasteiger partial charge on any atom is -0.328 e. The molecule has 2 aromatic rings. The monoisotopic (exact) mass is 269 g/mol. The molecule has 0 aliphatic carbocycles. The smallest absolute Gasteiger partial charge is 0.132 e. The van der Waals surface area contributed by atoms with Gasteiger partial charge in [0.1, 0.15) is 5.82 Å².